The zero-order valence-corrected chi connectivity index (χ0v) is 22.1. The molecule has 1 aliphatic rings. The molecule has 3 atom stereocenters. The van der Waals surface area contributed by atoms with Gasteiger partial charge in [-0.15, -0.1) is 0 Å². The number of aliphatic hydroxyl groups excluding tert-OH is 1. The molecule has 3 aromatic rings. The van der Waals surface area contributed by atoms with Crippen LogP contribution >= 0.6 is 0 Å². The summed E-state index contributed by atoms with van der Waals surface area (Å²) in [5.74, 6) is 0.769. The summed E-state index contributed by atoms with van der Waals surface area (Å²) in [6.07, 6.45) is 11.7. The average molecular weight is 509 g/mol. The highest BCUT2D eigenvalue weighted by molar-refractivity contribution is 5.83. The molecule has 2 N–H and O–H groups in total. The maximum atomic E-state index is 11.3. The number of carboxylic acids is 1. The highest BCUT2D eigenvalue weighted by Crippen LogP contribution is 2.35. The lowest BCUT2D eigenvalue weighted by atomic mass is 9.79. The molecule has 1 fully saturated rings. The largest absolute Gasteiger partial charge is 0.497 e. The minimum atomic E-state index is -0.732. The van der Waals surface area contributed by atoms with Gasteiger partial charge in [-0.3, -0.25) is 9.78 Å². The van der Waals surface area contributed by atoms with Crippen LogP contribution in [0.25, 0.3) is 10.9 Å². The number of ether oxygens (including phenoxy) is 1. The lowest BCUT2D eigenvalue weighted by Crippen LogP contribution is -2.41. The van der Waals surface area contributed by atoms with Gasteiger partial charge in [0.25, 0.3) is 0 Å². The number of unbranched alkanes of at least 4 members (excludes halogenated alkanes) is 1. The number of hydrogen-bond donors (Lipinski definition) is 2. The van der Waals surface area contributed by atoms with E-state index in [9.17, 15) is 15.0 Å². The molecular formula is C29H40N4O4. The molecule has 37 heavy (non-hydrogen) atoms. The van der Waals surface area contributed by atoms with Gasteiger partial charge in [-0.2, -0.15) is 0 Å². The van der Waals surface area contributed by atoms with Gasteiger partial charge in [0.05, 0.1) is 25.1 Å². The van der Waals surface area contributed by atoms with Gasteiger partial charge in [0.15, 0.2) is 0 Å². The van der Waals surface area contributed by atoms with E-state index in [1.165, 1.54) is 5.69 Å². The number of methoxy groups -OCH3 is 1. The van der Waals surface area contributed by atoms with Crippen molar-refractivity contribution in [1.29, 1.82) is 0 Å². The smallest absolute Gasteiger partial charge is 0.303 e. The third-order valence-electron chi connectivity index (χ3n) is 7.93. The molecule has 0 spiro atoms. The van der Waals surface area contributed by atoms with Crippen LogP contribution in [-0.2, 0) is 18.3 Å². The highest BCUT2D eigenvalue weighted by atomic mass is 16.5. The maximum absolute atomic E-state index is 11.3. The van der Waals surface area contributed by atoms with E-state index >= 15 is 0 Å². The number of carboxylic acid groups (broad SMARTS) is 1. The van der Waals surface area contributed by atoms with Crippen molar-refractivity contribution in [1.82, 2.24) is 19.4 Å². The zero-order valence-electron chi connectivity index (χ0n) is 22.1. The average Bonchev–Trinajstić information content (AvgIpc) is 3.32. The lowest BCUT2D eigenvalue weighted by molar-refractivity contribution is -0.137. The molecule has 1 aromatic carbocycles. The summed E-state index contributed by atoms with van der Waals surface area (Å²) < 4.78 is 7.45. The fraction of sp³-hybridized carbons (Fsp3) is 0.552. The molecule has 8 nitrogen and oxygen atoms in total. The van der Waals surface area contributed by atoms with Gasteiger partial charge >= 0.3 is 5.97 Å². The number of piperidine rings is 1. The van der Waals surface area contributed by atoms with Crippen LogP contribution in [-0.4, -0.2) is 62.4 Å². The monoisotopic (exact) mass is 508 g/mol. The molecule has 200 valence electrons. The fourth-order valence-corrected chi connectivity index (χ4v) is 5.73. The Hall–Kier alpha value is -2.97. The van der Waals surface area contributed by atoms with E-state index in [-0.39, 0.29) is 6.42 Å². The molecule has 0 amide bonds. The van der Waals surface area contributed by atoms with Gasteiger partial charge in [-0.05, 0) is 99.7 Å². The number of pyridine rings is 1. The van der Waals surface area contributed by atoms with Crippen LogP contribution in [0.15, 0.2) is 43.0 Å². The second-order valence-corrected chi connectivity index (χ2v) is 10.4. The Morgan fingerprint density at radius 2 is 2.08 bits per heavy atom. The van der Waals surface area contributed by atoms with E-state index in [0.717, 1.165) is 74.0 Å². The van der Waals surface area contributed by atoms with E-state index < -0.39 is 12.1 Å². The number of fused-ring (bicyclic) bond motifs is 1. The molecule has 4 rings (SSSR count). The van der Waals surface area contributed by atoms with Crippen LogP contribution in [0.2, 0.25) is 0 Å². The quantitative estimate of drug-likeness (QED) is 0.325. The second-order valence-electron chi connectivity index (χ2n) is 10.4. The number of carbonyl (C=O) groups is 1. The topological polar surface area (TPSA) is 101 Å². The van der Waals surface area contributed by atoms with Crippen molar-refractivity contribution >= 4 is 16.9 Å². The second kappa shape index (κ2) is 13.0. The van der Waals surface area contributed by atoms with Gasteiger partial charge in [-0.25, -0.2) is 4.98 Å². The Kier molecular flexibility index (Phi) is 9.52. The van der Waals surface area contributed by atoms with Crippen molar-refractivity contribution in [2.24, 2.45) is 18.9 Å². The van der Waals surface area contributed by atoms with Gasteiger partial charge in [-0.1, -0.05) is 0 Å². The standard InChI is InChI=1S/C29H40N4O4/c1-32-20-30-18-23(32)5-3-4-15-33-16-13-21(22(19-33)7-11-29(35)36)6-10-28(34)25-12-14-31-27-9-8-24(37-2)17-26(25)27/h8-9,12,14,17-18,20-22,28,34H,3-7,10-11,13,15-16,19H2,1-2H3,(H,35,36)/t21-,22+,28?/m1/s1. The Bertz CT molecular complexity index is 1160. The molecule has 0 aliphatic carbocycles. The van der Waals surface area contributed by atoms with Crippen molar-refractivity contribution in [3.05, 3.63) is 54.2 Å². The van der Waals surface area contributed by atoms with Crippen molar-refractivity contribution in [3.8, 4) is 5.75 Å². The minimum absolute atomic E-state index is 0.201. The molecule has 0 radical (unpaired) electrons. The van der Waals surface area contributed by atoms with E-state index in [2.05, 4.69) is 19.4 Å². The molecule has 0 saturated carbocycles. The highest BCUT2D eigenvalue weighted by Gasteiger charge is 2.30. The van der Waals surface area contributed by atoms with Gasteiger partial charge in [0, 0.05) is 43.5 Å². The van der Waals surface area contributed by atoms with E-state index in [1.54, 1.807) is 13.3 Å². The number of likely N-dealkylation sites (tertiary alicyclic amines) is 1. The first-order valence-corrected chi connectivity index (χ1v) is 13.4. The number of imidazole rings is 1. The van der Waals surface area contributed by atoms with Gasteiger partial charge < -0.3 is 24.4 Å². The number of aliphatic hydroxyl groups is 1. The van der Waals surface area contributed by atoms with Crippen LogP contribution in [0.4, 0.5) is 0 Å². The number of hydrogen-bond acceptors (Lipinski definition) is 6. The predicted octanol–water partition coefficient (Wildman–Crippen LogP) is 4.62. The number of aryl methyl sites for hydroxylation is 2. The van der Waals surface area contributed by atoms with E-state index in [0.29, 0.717) is 24.7 Å². The molecule has 3 heterocycles. The predicted molar refractivity (Wildman–Crippen MR) is 144 cm³/mol. The third-order valence-corrected chi connectivity index (χ3v) is 7.93. The fourth-order valence-electron chi connectivity index (χ4n) is 5.73. The van der Waals surface area contributed by atoms with Gasteiger partial charge in [0.1, 0.15) is 5.75 Å². The van der Waals surface area contributed by atoms with Crippen LogP contribution in [0.3, 0.4) is 0 Å². The summed E-state index contributed by atoms with van der Waals surface area (Å²) in [5.41, 5.74) is 2.97. The molecule has 2 aromatic heterocycles. The number of rotatable bonds is 13. The van der Waals surface area contributed by atoms with Crippen LogP contribution in [0.5, 0.6) is 5.75 Å². The van der Waals surface area contributed by atoms with Crippen molar-refractivity contribution in [3.63, 3.8) is 0 Å². The van der Waals surface area contributed by atoms with Gasteiger partial charge in [0.2, 0.25) is 0 Å². The zero-order chi connectivity index (χ0) is 26.2. The Balaban J connectivity index is 1.32. The normalized spacial score (nSPS) is 19.2. The first-order chi connectivity index (χ1) is 17.9. The summed E-state index contributed by atoms with van der Waals surface area (Å²) in [5, 5.41) is 21.4. The molecule has 0 bridgehead atoms. The summed E-state index contributed by atoms with van der Waals surface area (Å²) >= 11 is 0. The van der Waals surface area contributed by atoms with Crippen molar-refractivity contribution in [2.75, 3.05) is 26.7 Å². The Morgan fingerprint density at radius 1 is 1.22 bits per heavy atom. The first kappa shape index (κ1) is 27.1. The number of nitrogens with zero attached hydrogens (tertiary/aromatic N) is 4. The summed E-state index contributed by atoms with van der Waals surface area (Å²) in [4.78, 5) is 22.5. The maximum Gasteiger partial charge on any atom is 0.303 e. The van der Waals surface area contributed by atoms with Crippen LogP contribution in [0, 0.1) is 11.8 Å². The third kappa shape index (κ3) is 7.29. The van der Waals surface area contributed by atoms with Crippen molar-refractivity contribution < 1.29 is 19.7 Å². The number of aromatic nitrogens is 3. The summed E-state index contributed by atoms with van der Waals surface area (Å²) in [6, 6.07) is 7.62. The minimum Gasteiger partial charge on any atom is -0.497 e. The Morgan fingerprint density at radius 3 is 2.84 bits per heavy atom. The SMILES string of the molecule is COc1ccc2nccc(C(O)CC[C@@H]3CCN(CCCCc4cncn4C)C[C@@H]3CCC(=O)O)c2c1. The molecule has 1 unspecified atom stereocenters. The number of benzene rings is 1. The van der Waals surface area contributed by atoms with Crippen LogP contribution in [0.1, 0.15) is 62.3 Å². The summed E-state index contributed by atoms with van der Waals surface area (Å²) in [6.45, 7) is 3.02. The number of aliphatic carboxylic acids is 1. The lowest BCUT2D eigenvalue weighted by Gasteiger charge is -2.39. The van der Waals surface area contributed by atoms with Crippen molar-refractivity contribution in [2.45, 2.75) is 57.5 Å². The Labute approximate surface area is 219 Å². The molecule has 8 heteroatoms. The molecule has 1 aliphatic heterocycles. The summed E-state index contributed by atoms with van der Waals surface area (Å²) in [7, 11) is 3.67. The van der Waals surface area contributed by atoms with E-state index in [1.807, 2.05) is 43.8 Å². The van der Waals surface area contributed by atoms with Crippen LogP contribution < -0.4 is 4.74 Å². The molecular weight excluding hydrogens is 468 g/mol. The first-order valence-electron chi connectivity index (χ1n) is 13.4. The van der Waals surface area contributed by atoms with E-state index in [4.69, 9.17) is 4.74 Å². The molecule has 1 saturated heterocycles.